The molecule has 0 rings (SSSR count). The fourth-order valence-corrected chi connectivity index (χ4v) is 11.0. The molecule has 0 amide bonds. The molecule has 19 heteroatoms. The molecule has 0 fully saturated rings. The van der Waals surface area contributed by atoms with E-state index in [4.69, 9.17) is 37.0 Å². The zero-order valence-electron chi connectivity index (χ0n) is 60.9. The molecule has 5 unspecified atom stereocenters. The third-order valence-electron chi connectivity index (χ3n) is 15.0. The van der Waals surface area contributed by atoms with Gasteiger partial charge < -0.3 is 33.8 Å². The average molecular weight is 1420 g/mol. The van der Waals surface area contributed by atoms with Gasteiger partial charge in [-0.25, -0.2) is 9.13 Å². The maximum Gasteiger partial charge on any atom is 0.472 e. The lowest BCUT2D eigenvalue weighted by molar-refractivity contribution is -0.161. The predicted octanol–water partition coefficient (Wildman–Crippen LogP) is 21.3. The van der Waals surface area contributed by atoms with E-state index in [-0.39, 0.29) is 25.7 Å². The number of esters is 4. The number of carbonyl (C=O) groups excluding carboxylic acids is 4. The highest BCUT2D eigenvalue weighted by atomic mass is 31.2. The smallest absolute Gasteiger partial charge is 0.462 e. The summed E-state index contributed by atoms with van der Waals surface area (Å²) in [6.45, 7) is 4.42. The predicted molar refractivity (Wildman–Crippen MR) is 399 cm³/mol. The van der Waals surface area contributed by atoms with Crippen molar-refractivity contribution in [2.24, 2.45) is 0 Å². The molecular formula is C79H132O17P2. The van der Waals surface area contributed by atoms with Crippen molar-refractivity contribution in [3.63, 3.8) is 0 Å². The van der Waals surface area contributed by atoms with Crippen molar-refractivity contribution >= 4 is 39.5 Å². The van der Waals surface area contributed by atoms with Crippen molar-refractivity contribution in [1.29, 1.82) is 0 Å². The van der Waals surface area contributed by atoms with Crippen molar-refractivity contribution < 1.29 is 80.2 Å². The number of carbonyl (C=O) groups is 4. The molecule has 0 spiro atoms. The summed E-state index contributed by atoms with van der Waals surface area (Å²) in [7, 11) is -9.97. The minimum Gasteiger partial charge on any atom is -0.462 e. The van der Waals surface area contributed by atoms with Crippen LogP contribution in [-0.2, 0) is 65.4 Å². The van der Waals surface area contributed by atoms with Crippen LogP contribution < -0.4 is 0 Å². The fourth-order valence-electron chi connectivity index (χ4n) is 9.42. The van der Waals surface area contributed by atoms with Crippen molar-refractivity contribution in [2.45, 2.75) is 303 Å². The number of ether oxygens (including phenoxy) is 4. The number of aliphatic hydroxyl groups is 1. The van der Waals surface area contributed by atoms with E-state index in [9.17, 15) is 43.2 Å². The van der Waals surface area contributed by atoms with Gasteiger partial charge in [0, 0.05) is 25.7 Å². The second-order valence-electron chi connectivity index (χ2n) is 24.5. The summed E-state index contributed by atoms with van der Waals surface area (Å²) in [6.07, 6.45) is 77.3. The molecule has 0 aromatic rings. The van der Waals surface area contributed by atoms with Crippen LogP contribution in [0, 0.1) is 0 Å². The van der Waals surface area contributed by atoms with Crippen LogP contribution in [0.3, 0.4) is 0 Å². The summed E-state index contributed by atoms with van der Waals surface area (Å²) in [5.74, 6) is -2.26. The molecule has 0 heterocycles. The molecule has 98 heavy (non-hydrogen) atoms. The van der Waals surface area contributed by atoms with Crippen LogP contribution in [0.1, 0.15) is 285 Å². The van der Waals surface area contributed by atoms with E-state index in [0.717, 1.165) is 205 Å². The summed E-state index contributed by atoms with van der Waals surface area (Å²) < 4.78 is 68.4. The number of hydrogen-bond donors (Lipinski definition) is 3. The number of allylic oxidation sites excluding steroid dienone is 22. The molecule has 560 valence electrons. The van der Waals surface area contributed by atoms with Crippen LogP contribution in [0.5, 0.6) is 0 Å². The standard InChI is InChI=1S/C79H132O17P2/c1-5-9-13-17-21-25-29-33-35-36-38-42-44-48-52-56-60-64-77(82)90-70-75(96-79(84)66-62-58-54-50-46-40-32-28-24-20-16-12-8-4)72-94-98(87,88)92-68-73(80)67-91-97(85,86)93-71-74(95-78(83)65-61-57-53-49-45-39-31-27-23-19-15-11-7-3)69-89-76(81)63-59-55-51-47-43-41-37-34-30-26-22-18-14-10-6-2/h9-10,13-16,19-22,25-28,31-35,37-38,42,73-75,80H,5-8,11-12,17-18,23-24,29-30,36,39-41,43-72H2,1-4H3,(H,85,86)(H,87,88)/b13-9-,14-10-,19-15-,20-16-,25-21-,26-22-,31-27-,32-28-,35-33-,37-34-,42-38-. The van der Waals surface area contributed by atoms with Crippen molar-refractivity contribution in [3.05, 3.63) is 134 Å². The lowest BCUT2D eigenvalue weighted by atomic mass is 10.1. The van der Waals surface area contributed by atoms with E-state index in [1.807, 2.05) is 0 Å². The third kappa shape index (κ3) is 69.7. The Balaban J connectivity index is 5.39. The molecule has 0 aliphatic carbocycles. The quantitative estimate of drug-likeness (QED) is 0.0169. The molecule has 0 saturated heterocycles. The normalized spacial score (nSPS) is 14.7. The van der Waals surface area contributed by atoms with Gasteiger partial charge in [0.05, 0.1) is 26.4 Å². The van der Waals surface area contributed by atoms with Crippen molar-refractivity contribution in [3.8, 4) is 0 Å². The monoisotopic (exact) mass is 1410 g/mol. The van der Waals surface area contributed by atoms with Gasteiger partial charge in [-0.2, -0.15) is 0 Å². The minimum atomic E-state index is -4.99. The van der Waals surface area contributed by atoms with Gasteiger partial charge in [0.25, 0.3) is 0 Å². The molecule has 5 atom stereocenters. The van der Waals surface area contributed by atoms with E-state index in [2.05, 4.69) is 161 Å². The summed E-state index contributed by atoms with van der Waals surface area (Å²) in [5, 5.41) is 10.6. The average Bonchev–Trinajstić information content (AvgIpc) is 0.969. The lowest BCUT2D eigenvalue weighted by Crippen LogP contribution is -2.30. The Morgan fingerprint density at radius 1 is 0.296 bits per heavy atom. The van der Waals surface area contributed by atoms with Gasteiger partial charge in [-0.1, -0.05) is 245 Å². The second kappa shape index (κ2) is 70.6. The SMILES string of the molecule is CC/C=C\C/C=C\C/C=C\C/C=C\CCCCCCC(=O)OCC(COP(=O)(O)OCC(O)COP(=O)(O)OCC(COC(=O)CCCCCCC/C=C\C/C=C\C/C=C\CC)OC(=O)CCCCCCC/C=C\C/C=C\CCC)OC(=O)CCCCCCC/C=C\C/C=C\CCC. The van der Waals surface area contributed by atoms with Crippen LogP contribution in [0.4, 0.5) is 0 Å². The minimum absolute atomic E-state index is 0.0692. The first-order valence-corrected chi connectivity index (χ1v) is 40.4. The van der Waals surface area contributed by atoms with Gasteiger partial charge in [0.15, 0.2) is 12.2 Å². The highest BCUT2D eigenvalue weighted by Crippen LogP contribution is 2.45. The number of phosphoric acid groups is 2. The Kier molecular flexibility index (Phi) is 67.2. The van der Waals surface area contributed by atoms with Gasteiger partial charge in [0.1, 0.15) is 19.3 Å². The largest absolute Gasteiger partial charge is 0.472 e. The molecule has 0 aliphatic heterocycles. The molecule has 3 N–H and O–H groups in total. The third-order valence-corrected chi connectivity index (χ3v) is 16.9. The molecule has 0 aromatic heterocycles. The molecule has 0 radical (unpaired) electrons. The summed E-state index contributed by atoms with van der Waals surface area (Å²) >= 11 is 0. The summed E-state index contributed by atoms with van der Waals surface area (Å²) in [6, 6.07) is 0. The first-order valence-electron chi connectivity index (χ1n) is 37.4. The first-order chi connectivity index (χ1) is 47.7. The number of unbranched alkanes of at least 4 members (excludes halogenated alkanes) is 21. The Labute approximate surface area is 593 Å². The molecular weight excluding hydrogens is 1280 g/mol. The number of phosphoric ester groups is 2. The zero-order valence-corrected chi connectivity index (χ0v) is 62.7. The Bertz CT molecular complexity index is 2380. The maximum absolute atomic E-state index is 13.1. The summed E-state index contributed by atoms with van der Waals surface area (Å²) in [4.78, 5) is 72.8. The van der Waals surface area contributed by atoms with E-state index in [1.54, 1.807) is 0 Å². The lowest BCUT2D eigenvalue weighted by Gasteiger charge is -2.21. The first kappa shape index (κ1) is 93.2. The van der Waals surface area contributed by atoms with Crippen LogP contribution in [-0.4, -0.2) is 96.7 Å². The van der Waals surface area contributed by atoms with Crippen molar-refractivity contribution in [1.82, 2.24) is 0 Å². The van der Waals surface area contributed by atoms with Crippen molar-refractivity contribution in [2.75, 3.05) is 39.6 Å². The van der Waals surface area contributed by atoms with Gasteiger partial charge in [0.2, 0.25) is 0 Å². The van der Waals surface area contributed by atoms with Gasteiger partial charge in [-0.15, -0.1) is 0 Å². The Morgan fingerprint density at radius 3 is 0.816 bits per heavy atom. The van der Waals surface area contributed by atoms with Crippen LogP contribution in [0.2, 0.25) is 0 Å². The van der Waals surface area contributed by atoms with Gasteiger partial charge in [-0.05, 0) is 148 Å². The molecule has 0 aromatic carbocycles. The van der Waals surface area contributed by atoms with Gasteiger partial charge >= 0.3 is 39.5 Å². The highest BCUT2D eigenvalue weighted by Gasteiger charge is 2.30. The topological polar surface area (TPSA) is 237 Å². The maximum atomic E-state index is 13.1. The zero-order chi connectivity index (χ0) is 71.8. The van der Waals surface area contributed by atoms with E-state index >= 15 is 0 Å². The van der Waals surface area contributed by atoms with Crippen LogP contribution in [0.15, 0.2) is 134 Å². The Hall–Kier alpha value is -4.80. The summed E-state index contributed by atoms with van der Waals surface area (Å²) in [5.41, 5.74) is 0. The van der Waals surface area contributed by atoms with E-state index in [0.29, 0.717) is 25.7 Å². The molecule has 17 nitrogen and oxygen atoms in total. The second-order valence-corrected chi connectivity index (χ2v) is 27.4. The number of aliphatic hydroxyl groups excluding tert-OH is 1. The molecule has 0 bridgehead atoms. The molecule has 0 aliphatic rings. The Morgan fingerprint density at radius 2 is 0.531 bits per heavy atom. The van der Waals surface area contributed by atoms with E-state index in [1.165, 1.54) is 0 Å². The van der Waals surface area contributed by atoms with E-state index < -0.39 is 97.5 Å². The van der Waals surface area contributed by atoms with Gasteiger partial charge in [-0.3, -0.25) is 37.3 Å². The molecule has 0 saturated carbocycles. The fraction of sp³-hybridized carbons (Fsp3) is 0.671. The van der Waals surface area contributed by atoms with Crippen LogP contribution in [0.25, 0.3) is 0 Å². The number of hydrogen-bond acceptors (Lipinski definition) is 15. The number of rotatable bonds is 69. The van der Waals surface area contributed by atoms with Crippen LogP contribution >= 0.6 is 15.6 Å². The highest BCUT2D eigenvalue weighted by molar-refractivity contribution is 7.47.